The first-order chi connectivity index (χ1) is 5.38. The lowest BCUT2D eigenvalue weighted by atomic mass is 10.4. The average molecular weight is 151 g/mol. The summed E-state index contributed by atoms with van der Waals surface area (Å²) >= 11 is 0. The summed E-state index contributed by atoms with van der Waals surface area (Å²) in [4.78, 5) is 5.47. The number of aromatic amines is 1. The van der Waals surface area contributed by atoms with E-state index in [0.717, 1.165) is 13.1 Å². The van der Waals surface area contributed by atoms with Gasteiger partial charge in [-0.15, -0.1) is 0 Å². The number of pyridine rings is 1. The van der Waals surface area contributed by atoms with E-state index in [1.54, 1.807) is 0 Å². The fourth-order valence-electron chi connectivity index (χ4n) is 1.14. The largest absolute Gasteiger partial charge is 0.274 e. The number of aromatic nitrogens is 1. The zero-order valence-electron chi connectivity index (χ0n) is 7.17. The lowest BCUT2D eigenvalue weighted by Crippen LogP contribution is -2.27. The number of anilines is 1. The predicted octanol–water partition coefficient (Wildman–Crippen LogP) is 1.35. The maximum Gasteiger partial charge on any atom is 0.274 e. The monoisotopic (exact) mass is 151 g/mol. The molecule has 0 saturated carbocycles. The van der Waals surface area contributed by atoms with Gasteiger partial charge in [0, 0.05) is 6.07 Å². The van der Waals surface area contributed by atoms with E-state index < -0.39 is 0 Å². The highest BCUT2D eigenvalue weighted by Crippen LogP contribution is 2.02. The van der Waals surface area contributed by atoms with Crippen LogP contribution in [-0.2, 0) is 0 Å². The summed E-state index contributed by atoms with van der Waals surface area (Å²) in [6.07, 6.45) is 1.95. The number of H-pyrrole nitrogens is 1. The number of nitrogens with one attached hydrogen (secondary N) is 1. The molecular formula is C9H15N2+. The molecule has 1 rings (SSSR count). The van der Waals surface area contributed by atoms with Crippen LogP contribution in [0.15, 0.2) is 24.4 Å². The Bertz CT molecular complexity index is 192. The second-order valence-electron chi connectivity index (χ2n) is 2.42. The van der Waals surface area contributed by atoms with Crippen LogP contribution in [-0.4, -0.2) is 13.1 Å². The number of hydrogen-bond donors (Lipinski definition) is 0. The summed E-state index contributed by atoms with van der Waals surface area (Å²) in [6.45, 7) is 6.42. The normalized spacial score (nSPS) is 9.64. The third kappa shape index (κ3) is 1.93. The first-order valence-electron chi connectivity index (χ1n) is 4.10. The maximum atomic E-state index is 3.20. The van der Waals surface area contributed by atoms with Gasteiger partial charge in [0.25, 0.3) is 5.82 Å². The first-order valence-corrected chi connectivity index (χ1v) is 4.10. The third-order valence-corrected chi connectivity index (χ3v) is 1.80. The van der Waals surface area contributed by atoms with E-state index in [0.29, 0.717) is 0 Å². The van der Waals surface area contributed by atoms with Crippen LogP contribution < -0.4 is 9.88 Å². The van der Waals surface area contributed by atoms with Gasteiger partial charge in [-0.3, -0.25) is 4.90 Å². The molecule has 2 heteroatoms. The Morgan fingerprint density at radius 1 is 1.27 bits per heavy atom. The van der Waals surface area contributed by atoms with E-state index in [2.05, 4.69) is 29.8 Å². The number of nitrogens with zero attached hydrogens (tertiary/aromatic N) is 1. The Labute approximate surface area is 67.9 Å². The number of hydrogen-bond acceptors (Lipinski definition) is 1. The Morgan fingerprint density at radius 2 is 2.00 bits per heavy atom. The van der Waals surface area contributed by atoms with Gasteiger partial charge < -0.3 is 0 Å². The van der Waals surface area contributed by atoms with Crippen molar-refractivity contribution in [2.24, 2.45) is 0 Å². The van der Waals surface area contributed by atoms with Gasteiger partial charge in [0.1, 0.15) is 0 Å². The van der Waals surface area contributed by atoms with Gasteiger partial charge in [0.05, 0.1) is 19.3 Å². The lowest BCUT2D eigenvalue weighted by Gasteiger charge is -2.10. The highest BCUT2D eigenvalue weighted by Gasteiger charge is 2.07. The van der Waals surface area contributed by atoms with Gasteiger partial charge in [0.15, 0.2) is 0 Å². The molecule has 0 unspecified atom stereocenters. The summed E-state index contributed by atoms with van der Waals surface area (Å²) in [7, 11) is 0. The van der Waals surface area contributed by atoms with Crippen molar-refractivity contribution < 1.29 is 4.98 Å². The zero-order valence-corrected chi connectivity index (χ0v) is 7.17. The molecule has 60 valence electrons. The molecule has 0 bridgehead atoms. The molecule has 0 aromatic carbocycles. The van der Waals surface area contributed by atoms with E-state index in [-0.39, 0.29) is 0 Å². The minimum Gasteiger partial charge on any atom is -0.262 e. The molecule has 0 aliphatic rings. The second-order valence-corrected chi connectivity index (χ2v) is 2.42. The summed E-state index contributed by atoms with van der Waals surface area (Å²) in [5, 5.41) is 0. The van der Waals surface area contributed by atoms with Crippen LogP contribution in [0.4, 0.5) is 5.82 Å². The molecule has 0 fully saturated rings. The standard InChI is InChI=1S/C9H14N2/c1-3-11(4-2)9-7-5-6-8-10-9/h5-8H,3-4H2,1-2H3/p+1. The Morgan fingerprint density at radius 3 is 2.45 bits per heavy atom. The van der Waals surface area contributed by atoms with Crippen LogP contribution in [0.1, 0.15) is 13.8 Å². The van der Waals surface area contributed by atoms with E-state index >= 15 is 0 Å². The highest BCUT2D eigenvalue weighted by molar-refractivity contribution is 5.30. The van der Waals surface area contributed by atoms with Crippen LogP contribution in [0.2, 0.25) is 0 Å². The second kappa shape index (κ2) is 3.96. The van der Waals surface area contributed by atoms with Gasteiger partial charge in [-0.1, -0.05) is 6.07 Å². The zero-order chi connectivity index (χ0) is 8.10. The van der Waals surface area contributed by atoms with Crippen molar-refractivity contribution in [1.29, 1.82) is 0 Å². The summed E-state index contributed by atoms with van der Waals surface area (Å²) in [6, 6.07) is 6.13. The Balaban J connectivity index is 2.74. The Hall–Kier alpha value is -1.05. The molecule has 0 spiro atoms. The summed E-state index contributed by atoms with van der Waals surface area (Å²) in [5.41, 5.74) is 0. The summed E-state index contributed by atoms with van der Waals surface area (Å²) in [5.74, 6) is 1.19. The molecule has 0 saturated heterocycles. The van der Waals surface area contributed by atoms with Crippen molar-refractivity contribution in [3.63, 3.8) is 0 Å². The van der Waals surface area contributed by atoms with Crippen LogP contribution in [0.3, 0.4) is 0 Å². The van der Waals surface area contributed by atoms with Gasteiger partial charge in [-0.25, -0.2) is 4.98 Å². The average Bonchev–Trinajstić information content (AvgIpc) is 2.09. The van der Waals surface area contributed by atoms with Gasteiger partial charge in [-0.05, 0) is 19.9 Å². The fraction of sp³-hybridized carbons (Fsp3) is 0.444. The minimum atomic E-state index is 1.05. The SMILES string of the molecule is CCN(CC)c1cccc[nH+]1. The molecule has 1 aromatic rings. The molecule has 1 N–H and O–H groups in total. The van der Waals surface area contributed by atoms with Gasteiger partial charge in [-0.2, -0.15) is 0 Å². The maximum absolute atomic E-state index is 3.20. The molecule has 1 aromatic heterocycles. The third-order valence-electron chi connectivity index (χ3n) is 1.80. The van der Waals surface area contributed by atoms with Crippen molar-refractivity contribution in [1.82, 2.24) is 0 Å². The molecule has 11 heavy (non-hydrogen) atoms. The summed E-state index contributed by atoms with van der Waals surface area (Å²) < 4.78 is 0. The van der Waals surface area contributed by atoms with Crippen molar-refractivity contribution in [2.75, 3.05) is 18.0 Å². The molecule has 2 nitrogen and oxygen atoms in total. The van der Waals surface area contributed by atoms with Crippen molar-refractivity contribution >= 4 is 5.82 Å². The highest BCUT2D eigenvalue weighted by atomic mass is 15.2. The Kier molecular flexibility index (Phi) is 2.90. The van der Waals surface area contributed by atoms with E-state index in [1.807, 2.05) is 18.3 Å². The van der Waals surface area contributed by atoms with Gasteiger partial charge in [0.2, 0.25) is 0 Å². The van der Waals surface area contributed by atoms with Crippen LogP contribution in [0.25, 0.3) is 0 Å². The lowest BCUT2D eigenvalue weighted by molar-refractivity contribution is -0.364. The van der Waals surface area contributed by atoms with Gasteiger partial charge >= 0.3 is 0 Å². The van der Waals surface area contributed by atoms with E-state index in [4.69, 9.17) is 0 Å². The predicted molar refractivity (Wildman–Crippen MR) is 46.6 cm³/mol. The topological polar surface area (TPSA) is 17.4 Å². The molecule has 0 radical (unpaired) electrons. The number of rotatable bonds is 3. The van der Waals surface area contributed by atoms with E-state index in [9.17, 15) is 0 Å². The molecule has 0 aliphatic heterocycles. The molecule has 0 atom stereocenters. The molecule has 1 heterocycles. The van der Waals surface area contributed by atoms with Crippen LogP contribution in [0.5, 0.6) is 0 Å². The van der Waals surface area contributed by atoms with Crippen LogP contribution in [0, 0.1) is 0 Å². The minimum absolute atomic E-state index is 1.05. The molecule has 0 aliphatic carbocycles. The fourth-order valence-corrected chi connectivity index (χ4v) is 1.14. The van der Waals surface area contributed by atoms with Crippen molar-refractivity contribution in [3.05, 3.63) is 24.4 Å². The first kappa shape index (κ1) is 8.05. The molecular weight excluding hydrogens is 136 g/mol. The van der Waals surface area contributed by atoms with Crippen molar-refractivity contribution in [3.8, 4) is 0 Å². The van der Waals surface area contributed by atoms with Crippen LogP contribution >= 0.6 is 0 Å². The van der Waals surface area contributed by atoms with E-state index in [1.165, 1.54) is 5.82 Å². The smallest absolute Gasteiger partial charge is 0.262 e. The quantitative estimate of drug-likeness (QED) is 0.637. The molecule has 0 amide bonds. The van der Waals surface area contributed by atoms with Crippen molar-refractivity contribution in [2.45, 2.75) is 13.8 Å².